The van der Waals surface area contributed by atoms with Gasteiger partial charge >= 0.3 is 6.18 Å². The van der Waals surface area contributed by atoms with Crippen LogP contribution in [0.15, 0.2) is 36.4 Å². The SMILES string of the molecule is Cc1ccc(Oc2ccc(C(F)(F)F)cc2N)c(Cl)c1.[Cl-]. The van der Waals surface area contributed by atoms with Crippen molar-refractivity contribution in [2.24, 2.45) is 0 Å². The monoisotopic (exact) mass is 336 g/mol. The number of anilines is 1. The third-order valence-corrected chi connectivity index (χ3v) is 2.94. The van der Waals surface area contributed by atoms with Gasteiger partial charge < -0.3 is 22.9 Å². The van der Waals surface area contributed by atoms with Crippen molar-refractivity contribution in [1.82, 2.24) is 0 Å². The molecule has 0 aliphatic heterocycles. The lowest BCUT2D eigenvalue weighted by Gasteiger charge is -2.13. The summed E-state index contributed by atoms with van der Waals surface area (Å²) < 4.78 is 43.0. The molecule has 2 aromatic carbocycles. The Hall–Kier alpha value is -1.59. The highest BCUT2D eigenvalue weighted by Crippen LogP contribution is 2.37. The number of ether oxygens (including phenoxy) is 1. The predicted molar refractivity (Wildman–Crippen MR) is 72.1 cm³/mol. The van der Waals surface area contributed by atoms with E-state index < -0.39 is 11.7 Å². The number of nitrogen functional groups attached to an aromatic ring is 1. The summed E-state index contributed by atoms with van der Waals surface area (Å²) in [6.07, 6.45) is -4.44. The molecule has 0 spiro atoms. The van der Waals surface area contributed by atoms with Crippen LogP contribution in [0.1, 0.15) is 11.1 Å². The normalized spacial score (nSPS) is 10.9. The number of alkyl halides is 3. The zero-order valence-electron chi connectivity index (χ0n) is 10.8. The predicted octanol–water partition coefficient (Wildman–Crippen LogP) is 2.05. The van der Waals surface area contributed by atoms with Crippen LogP contribution in [-0.2, 0) is 6.18 Å². The minimum Gasteiger partial charge on any atom is -1.00 e. The maximum Gasteiger partial charge on any atom is 0.416 e. The van der Waals surface area contributed by atoms with Crippen molar-refractivity contribution in [2.75, 3.05) is 5.73 Å². The van der Waals surface area contributed by atoms with E-state index in [0.717, 1.165) is 17.7 Å². The minimum absolute atomic E-state index is 0. The quantitative estimate of drug-likeness (QED) is 0.852. The van der Waals surface area contributed by atoms with E-state index in [0.29, 0.717) is 10.8 Å². The van der Waals surface area contributed by atoms with Gasteiger partial charge in [-0.2, -0.15) is 13.2 Å². The number of rotatable bonds is 2. The first-order valence-corrected chi connectivity index (χ1v) is 6.06. The van der Waals surface area contributed by atoms with Gasteiger partial charge in [-0.25, -0.2) is 0 Å². The number of aryl methyl sites for hydroxylation is 1. The molecule has 0 aliphatic carbocycles. The largest absolute Gasteiger partial charge is 1.00 e. The second kappa shape index (κ2) is 6.45. The zero-order chi connectivity index (χ0) is 14.9. The average Bonchev–Trinajstić information content (AvgIpc) is 2.33. The van der Waals surface area contributed by atoms with Crippen LogP contribution in [0.4, 0.5) is 18.9 Å². The number of hydrogen-bond donors (Lipinski definition) is 1. The molecule has 0 aliphatic rings. The van der Waals surface area contributed by atoms with Gasteiger partial charge in [-0.05, 0) is 42.8 Å². The minimum atomic E-state index is -4.44. The highest BCUT2D eigenvalue weighted by atomic mass is 35.5. The molecule has 0 saturated heterocycles. The van der Waals surface area contributed by atoms with Crippen LogP contribution in [-0.4, -0.2) is 0 Å². The Kier molecular flexibility index (Phi) is 5.36. The Morgan fingerprint density at radius 2 is 1.67 bits per heavy atom. The molecule has 2 rings (SSSR count). The Morgan fingerprint density at radius 3 is 2.19 bits per heavy atom. The second-order valence-electron chi connectivity index (χ2n) is 4.29. The van der Waals surface area contributed by atoms with E-state index in [2.05, 4.69) is 0 Å². The van der Waals surface area contributed by atoms with Crippen LogP contribution in [0.5, 0.6) is 11.5 Å². The summed E-state index contributed by atoms with van der Waals surface area (Å²) in [5.74, 6) is 0.465. The molecule has 0 fully saturated rings. The van der Waals surface area contributed by atoms with Crippen molar-refractivity contribution in [1.29, 1.82) is 0 Å². The fourth-order valence-electron chi connectivity index (χ4n) is 1.62. The molecule has 0 saturated carbocycles. The van der Waals surface area contributed by atoms with Gasteiger partial charge in [-0.3, -0.25) is 0 Å². The van der Waals surface area contributed by atoms with Crippen LogP contribution >= 0.6 is 11.6 Å². The lowest BCUT2D eigenvalue weighted by Crippen LogP contribution is -3.00. The number of halogens is 5. The average molecular weight is 337 g/mol. The molecule has 21 heavy (non-hydrogen) atoms. The number of hydrogen-bond acceptors (Lipinski definition) is 2. The molecular weight excluding hydrogens is 326 g/mol. The first-order valence-electron chi connectivity index (χ1n) is 5.68. The van der Waals surface area contributed by atoms with E-state index in [1.54, 1.807) is 18.2 Å². The van der Waals surface area contributed by atoms with E-state index in [9.17, 15) is 13.2 Å². The van der Waals surface area contributed by atoms with Crippen LogP contribution < -0.4 is 22.9 Å². The number of benzene rings is 2. The van der Waals surface area contributed by atoms with E-state index in [4.69, 9.17) is 22.1 Å². The molecular formula is C14H11Cl2F3NO-. The molecule has 0 atom stereocenters. The summed E-state index contributed by atoms with van der Waals surface area (Å²) in [5, 5.41) is 0.365. The molecule has 2 N–H and O–H groups in total. The zero-order valence-corrected chi connectivity index (χ0v) is 12.4. The van der Waals surface area contributed by atoms with E-state index in [1.807, 2.05) is 6.92 Å². The van der Waals surface area contributed by atoms with E-state index in [1.165, 1.54) is 6.07 Å². The van der Waals surface area contributed by atoms with Gasteiger partial charge in [0.05, 0.1) is 16.3 Å². The summed E-state index contributed by atoms with van der Waals surface area (Å²) in [6.45, 7) is 1.86. The van der Waals surface area contributed by atoms with Gasteiger partial charge in [0, 0.05) is 0 Å². The van der Waals surface area contributed by atoms with E-state index >= 15 is 0 Å². The molecule has 114 valence electrons. The molecule has 0 bridgehead atoms. The Labute approximate surface area is 131 Å². The molecule has 2 aromatic rings. The molecule has 0 unspecified atom stereocenters. The summed E-state index contributed by atoms with van der Waals surface area (Å²) in [7, 11) is 0. The molecule has 0 amide bonds. The topological polar surface area (TPSA) is 35.2 Å². The fourth-order valence-corrected chi connectivity index (χ4v) is 1.90. The van der Waals surface area contributed by atoms with Gasteiger partial charge in [0.2, 0.25) is 0 Å². The highest BCUT2D eigenvalue weighted by Gasteiger charge is 2.31. The molecule has 7 heteroatoms. The van der Waals surface area contributed by atoms with Gasteiger partial charge in [0.1, 0.15) is 11.5 Å². The van der Waals surface area contributed by atoms with Crippen molar-refractivity contribution in [3.8, 4) is 11.5 Å². The Balaban J connectivity index is 0.00000220. The highest BCUT2D eigenvalue weighted by molar-refractivity contribution is 6.32. The van der Waals surface area contributed by atoms with Crippen molar-refractivity contribution < 1.29 is 30.3 Å². The Morgan fingerprint density at radius 1 is 1.05 bits per heavy atom. The summed E-state index contributed by atoms with van der Waals surface area (Å²) in [4.78, 5) is 0. The van der Waals surface area contributed by atoms with Crippen LogP contribution in [0, 0.1) is 6.92 Å². The second-order valence-corrected chi connectivity index (χ2v) is 4.69. The molecule has 0 aromatic heterocycles. The lowest BCUT2D eigenvalue weighted by atomic mass is 10.2. The van der Waals surface area contributed by atoms with E-state index in [-0.39, 0.29) is 23.8 Å². The standard InChI is InChI=1S/C14H11ClF3NO.ClH/c1-8-2-4-12(10(15)6-8)20-13-5-3-9(7-11(13)19)14(16,17)18;/h2-7H,19H2,1H3;1H/p-1. The van der Waals surface area contributed by atoms with Crippen molar-refractivity contribution in [3.05, 3.63) is 52.5 Å². The summed E-state index contributed by atoms with van der Waals surface area (Å²) >= 11 is 5.99. The van der Waals surface area contributed by atoms with Crippen LogP contribution in [0.25, 0.3) is 0 Å². The van der Waals surface area contributed by atoms with Gasteiger partial charge in [0.25, 0.3) is 0 Å². The number of nitrogens with two attached hydrogens (primary N) is 1. The maximum absolute atomic E-state index is 12.5. The van der Waals surface area contributed by atoms with Crippen molar-refractivity contribution >= 4 is 17.3 Å². The Bertz CT molecular complexity index is 645. The molecule has 0 heterocycles. The third-order valence-electron chi connectivity index (χ3n) is 2.64. The van der Waals surface area contributed by atoms with Gasteiger partial charge in [0.15, 0.2) is 0 Å². The first-order chi connectivity index (χ1) is 9.27. The van der Waals surface area contributed by atoms with Crippen molar-refractivity contribution in [2.45, 2.75) is 13.1 Å². The van der Waals surface area contributed by atoms with Crippen LogP contribution in [0.2, 0.25) is 5.02 Å². The fraction of sp³-hybridized carbons (Fsp3) is 0.143. The van der Waals surface area contributed by atoms with Gasteiger partial charge in [-0.15, -0.1) is 0 Å². The molecule has 2 nitrogen and oxygen atoms in total. The lowest BCUT2D eigenvalue weighted by molar-refractivity contribution is -0.137. The smallest absolute Gasteiger partial charge is 0.416 e. The van der Waals surface area contributed by atoms with Crippen molar-refractivity contribution in [3.63, 3.8) is 0 Å². The first kappa shape index (κ1) is 17.5. The van der Waals surface area contributed by atoms with Crippen LogP contribution in [0.3, 0.4) is 0 Å². The summed E-state index contributed by atoms with van der Waals surface area (Å²) in [6, 6.07) is 8.02. The maximum atomic E-state index is 12.5. The van der Waals surface area contributed by atoms with Gasteiger partial charge in [-0.1, -0.05) is 17.7 Å². The summed E-state index contributed by atoms with van der Waals surface area (Å²) in [5.41, 5.74) is 5.60. The molecule has 0 radical (unpaired) electrons. The third kappa shape index (κ3) is 4.19.